The first-order chi connectivity index (χ1) is 9.72. The van der Waals surface area contributed by atoms with Crippen LogP contribution < -0.4 is 0 Å². The molecule has 0 amide bonds. The van der Waals surface area contributed by atoms with E-state index in [4.69, 9.17) is 20.8 Å². The Bertz CT molecular complexity index is 450. The van der Waals surface area contributed by atoms with E-state index in [0.717, 1.165) is 5.56 Å². The molecule has 0 atom stereocenters. The van der Waals surface area contributed by atoms with Gasteiger partial charge < -0.3 is 9.16 Å². The lowest BCUT2D eigenvalue weighted by molar-refractivity contribution is 0.146. The van der Waals surface area contributed by atoms with Crippen LogP contribution in [0.2, 0.25) is 18.1 Å². The fraction of sp³-hybridized carbons (Fsp3) is 0.529. The summed E-state index contributed by atoms with van der Waals surface area (Å²) in [5.41, 5.74) is 1.15. The van der Waals surface area contributed by atoms with Gasteiger partial charge in [-0.15, -0.1) is 0 Å². The van der Waals surface area contributed by atoms with Crippen molar-refractivity contribution in [2.75, 3.05) is 13.2 Å². The quantitative estimate of drug-likeness (QED) is 0.629. The van der Waals surface area contributed by atoms with E-state index in [1.807, 2.05) is 36.4 Å². The zero-order chi connectivity index (χ0) is 15.9. The fourth-order valence-corrected chi connectivity index (χ4v) is 2.53. The molecule has 1 rings (SSSR count). The molecular weight excluding hydrogens is 300 g/mol. The number of halogens is 1. The highest BCUT2D eigenvalue weighted by atomic mass is 35.5. The van der Waals surface area contributed by atoms with E-state index < -0.39 is 8.32 Å². The molecule has 1 aromatic carbocycles. The van der Waals surface area contributed by atoms with Crippen LogP contribution in [0.25, 0.3) is 0 Å². The van der Waals surface area contributed by atoms with Crippen LogP contribution in [0.5, 0.6) is 0 Å². The van der Waals surface area contributed by atoms with Crippen LogP contribution in [0.4, 0.5) is 0 Å². The SMILES string of the molecule is CC(C)(C)[Si](C)(C)OC/C=C(\Cl)COCc1ccccc1. The number of hydrogen-bond donors (Lipinski definition) is 0. The number of ether oxygens (including phenoxy) is 1. The third-order valence-corrected chi connectivity index (χ3v) is 8.67. The minimum Gasteiger partial charge on any atom is -0.413 e. The van der Waals surface area contributed by atoms with E-state index in [0.29, 0.717) is 24.9 Å². The number of benzene rings is 1. The first kappa shape index (κ1) is 18.4. The van der Waals surface area contributed by atoms with Crippen LogP contribution in [-0.4, -0.2) is 21.5 Å². The predicted molar refractivity (Wildman–Crippen MR) is 93.2 cm³/mol. The highest BCUT2D eigenvalue weighted by molar-refractivity contribution is 6.74. The molecule has 0 unspecified atom stereocenters. The molecular formula is C17H27ClO2Si. The van der Waals surface area contributed by atoms with Crippen LogP contribution in [0, 0.1) is 0 Å². The Labute approximate surface area is 135 Å². The van der Waals surface area contributed by atoms with Gasteiger partial charge in [0.1, 0.15) is 0 Å². The summed E-state index contributed by atoms with van der Waals surface area (Å²) < 4.78 is 11.6. The maximum Gasteiger partial charge on any atom is 0.192 e. The van der Waals surface area contributed by atoms with Gasteiger partial charge >= 0.3 is 0 Å². The minimum absolute atomic E-state index is 0.219. The van der Waals surface area contributed by atoms with Gasteiger partial charge in [-0.2, -0.15) is 0 Å². The molecule has 1 aromatic rings. The Morgan fingerprint density at radius 1 is 1.19 bits per heavy atom. The molecule has 0 bridgehead atoms. The Hall–Kier alpha value is -0.613. The van der Waals surface area contributed by atoms with Gasteiger partial charge in [-0.1, -0.05) is 62.7 Å². The van der Waals surface area contributed by atoms with Gasteiger partial charge in [-0.05, 0) is 29.8 Å². The molecule has 2 nitrogen and oxygen atoms in total. The van der Waals surface area contributed by atoms with Crippen molar-refractivity contribution in [3.05, 3.63) is 47.0 Å². The van der Waals surface area contributed by atoms with Crippen molar-refractivity contribution in [1.82, 2.24) is 0 Å². The number of hydrogen-bond acceptors (Lipinski definition) is 2. The number of rotatable bonds is 7. The van der Waals surface area contributed by atoms with Gasteiger partial charge in [0.05, 0.1) is 19.8 Å². The Morgan fingerprint density at radius 3 is 2.38 bits per heavy atom. The molecule has 0 saturated carbocycles. The van der Waals surface area contributed by atoms with Gasteiger partial charge in [-0.25, -0.2) is 0 Å². The second-order valence-corrected chi connectivity index (χ2v) is 12.0. The summed E-state index contributed by atoms with van der Waals surface area (Å²) >= 11 is 6.16. The second kappa shape index (κ2) is 8.13. The minimum atomic E-state index is -1.70. The predicted octanol–water partition coefficient (Wildman–Crippen LogP) is 5.35. The zero-order valence-corrected chi connectivity index (χ0v) is 15.5. The first-order valence-corrected chi connectivity index (χ1v) is 10.6. The van der Waals surface area contributed by atoms with Crippen LogP contribution >= 0.6 is 11.6 Å². The van der Waals surface area contributed by atoms with Crippen molar-refractivity contribution in [3.63, 3.8) is 0 Å². The standard InChI is InChI=1S/C17H27ClO2Si/c1-17(2,3)21(4,5)20-12-11-16(18)14-19-13-15-9-7-6-8-10-15/h6-11H,12-14H2,1-5H3/b16-11-. The molecule has 0 N–H and O–H groups in total. The summed E-state index contributed by atoms with van der Waals surface area (Å²) in [5, 5.41) is 0.918. The average Bonchev–Trinajstić information content (AvgIpc) is 2.38. The summed E-state index contributed by atoms with van der Waals surface area (Å²) in [7, 11) is -1.70. The summed E-state index contributed by atoms with van der Waals surface area (Å²) in [4.78, 5) is 0. The van der Waals surface area contributed by atoms with Crippen molar-refractivity contribution < 1.29 is 9.16 Å². The van der Waals surface area contributed by atoms with Crippen molar-refractivity contribution in [2.24, 2.45) is 0 Å². The molecule has 0 aliphatic carbocycles. The fourth-order valence-electron chi connectivity index (χ4n) is 1.46. The Balaban J connectivity index is 2.31. The average molecular weight is 327 g/mol. The van der Waals surface area contributed by atoms with Crippen LogP contribution in [-0.2, 0) is 15.8 Å². The molecule has 0 aromatic heterocycles. The third kappa shape index (κ3) is 6.79. The first-order valence-electron chi connectivity index (χ1n) is 7.32. The monoisotopic (exact) mass is 326 g/mol. The molecule has 118 valence electrons. The summed E-state index contributed by atoms with van der Waals surface area (Å²) in [6.45, 7) is 12.7. The maximum atomic E-state index is 6.16. The van der Waals surface area contributed by atoms with Gasteiger partial charge in [0.2, 0.25) is 0 Å². The van der Waals surface area contributed by atoms with Crippen molar-refractivity contribution in [3.8, 4) is 0 Å². The molecule has 0 aliphatic rings. The van der Waals surface area contributed by atoms with Gasteiger partial charge in [0, 0.05) is 5.03 Å². The molecule has 21 heavy (non-hydrogen) atoms. The summed E-state index contributed by atoms with van der Waals surface area (Å²) in [6.07, 6.45) is 1.91. The van der Waals surface area contributed by atoms with Crippen molar-refractivity contribution in [1.29, 1.82) is 0 Å². The van der Waals surface area contributed by atoms with E-state index >= 15 is 0 Å². The van der Waals surface area contributed by atoms with E-state index in [1.54, 1.807) is 0 Å². The lowest BCUT2D eigenvalue weighted by atomic mass is 10.2. The smallest absolute Gasteiger partial charge is 0.192 e. The maximum absolute atomic E-state index is 6.16. The third-order valence-electron chi connectivity index (χ3n) is 3.91. The lowest BCUT2D eigenvalue weighted by Crippen LogP contribution is -2.40. The molecule has 0 radical (unpaired) electrons. The highest BCUT2D eigenvalue weighted by Gasteiger charge is 2.36. The Kier molecular flexibility index (Phi) is 7.14. The van der Waals surface area contributed by atoms with Gasteiger partial charge in [0.25, 0.3) is 0 Å². The van der Waals surface area contributed by atoms with E-state index in [2.05, 4.69) is 33.9 Å². The summed E-state index contributed by atoms with van der Waals surface area (Å²) in [6, 6.07) is 10.1. The van der Waals surface area contributed by atoms with Crippen LogP contribution in [0.1, 0.15) is 26.3 Å². The normalized spacial score (nSPS) is 13.5. The molecule has 4 heteroatoms. The molecule has 0 aliphatic heterocycles. The van der Waals surface area contributed by atoms with E-state index in [9.17, 15) is 0 Å². The van der Waals surface area contributed by atoms with Crippen molar-refractivity contribution >= 4 is 19.9 Å². The zero-order valence-electron chi connectivity index (χ0n) is 13.8. The molecule has 0 spiro atoms. The second-order valence-electron chi connectivity index (χ2n) is 6.70. The van der Waals surface area contributed by atoms with Gasteiger partial charge in [-0.3, -0.25) is 0 Å². The molecule has 0 fully saturated rings. The van der Waals surface area contributed by atoms with Crippen molar-refractivity contribution in [2.45, 2.75) is 45.5 Å². The van der Waals surface area contributed by atoms with E-state index in [1.165, 1.54) is 0 Å². The lowest BCUT2D eigenvalue weighted by Gasteiger charge is -2.35. The highest BCUT2D eigenvalue weighted by Crippen LogP contribution is 2.36. The molecule has 0 saturated heterocycles. The van der Waals surface area contributed by atoms with Crippen LogP contribution in [0.15, 0.2) is 41.4 Å². The van der Waals surface area contributed by atoms with Gasteiger partial charge in [0.15, 0.2) is 8.32 Å². The van der Waals surface area contributed by atoms with Crippen LogP contribution in [0.3, 0.4) is 0 Å². The van der Waals surface area contributed by atoms with E-state index in [-0.39, 0.29) is 5.04 Å². The largest absolute Gasteiger partial charge is 0.413 e. The Morgan fingerprint density at radius 2 is 1.81 bits per heavy atom. The topological polar surface area (TPSA) is 18.5 Å². The molecule has 0 heterocycles. The summed E-state index contributed by atoms with van der Waals surface area (Å²) in [5.74, 6) is 0.